The van der Waals surface area contributed by atoms with E-state index in [0.717, 1.165) is 5.56 Å². The van der Waals surface area contributed by atoms with Crippen molar-refractivity contribution in [1.82, 2.24) is 19.9 Å². The standard InChI is InChI=1S/C17H13N5O4S/c18-22-16(9-1-3-19-4-2-9)20-21-17(22)27-8-10-5-15(25)26-14-7-13(24)12(23)6-11(10)14/h1-7,23-24H,8,18H2. The molecule has 0 saturated heterocycles. The van der Waals surface area contributed by atoms with Crippen LogP contribution in [-0.4, -0.2) is 30.1 Å². The molecule has 10 heteroatoms. The molecule has 0 fully saturated rings. The minimum atomic E-state index is -0.560. The lowest BCUT2D eigenvalue weighted by atomic mass is 10.1. The molecule has 0 aliphatic rings. The zero-order valence-electron chi connectivity index (χ0n) is 13.7. The summed E-state index contributed by atoms with van der Waals surface area (Å²) in [5.74, 6) is 6.24. The fourth-order valence-corrected chi connectivity index (χ4v) is 3.43. The Bertz CT molecular complexity index is 1190. The largest absolute Gasteiger partial charge is 0.504 e. The zero-order chi connectivity index (χ0) is 19.0. The number of benzene rings is 1. The van der Waals surface area contributed by atoms with Gasteiger partial charge in [-0.2, -0.15) is 0 Å². The van der Waals surface area contributed by atoms with Crippen molar-refractivity contribution in [2.24, 2.45) is 0 Å². The second kappa shape index (κ2) is 6.65. The highest BCUT2D eigenvalue weighted by molar-refractivity contribution is 7.98. The molecule has 0 saturated carbocycles. The fraction of sp³-hybridized carbons (Fsp3) is 0.0588. The lowest BCUT2D eigenvalue weighted by Gasteiger charge is -2.07. The molecule has 4 aromatic rings. The van der Waals surface area contributed by atoms with Crippen molar-refractivity contribution >= 4 is 22.7 Å². The Balaban J connectivity index is 1.66. The van der Waals surface area contributed by atoms with Gasteiger partial charge < -0.3 is 20.5 Å². The lowest BCUT2D eigenvalue weighted by molar-refractivity contribution is 0.403. The molecule has 0 bridgehead atoms. The average Bonchev–Trinajstić information content (AvgIpc) is 3.02. The van der Waals surface area contributed by atoms with E-state index < -0.39 is 5.63 Å². The van der Waals surface area contributed by atoms with Gasteiger partial charge in [0, 0.05) is 41.2 Å². The van der Waals surface area contributed by atoms with Gasteiger partial charge in [0.25, 0.3) is 0 Å². The molecular weight excluding hydrogens is 370 g/mol. The lowest BCUT2D eigenvalue weighted by Crippen LogP contribution is -2.11. The van der Waals surface area contributed by atoms with Crippen LogP contribution in [-0.2, 0) is 5.75 Å². The molecule has 0 amide bonds. The fourth-order valence-electron chi connectivity index (χ4n) is 2.59. The Morgan fingerprint density at radius 2 is 1.85 bits per heavy atom. The van der Waals surface area contributed by atoms with E-state index in [9.17, 15) is 15.0 Å². The van der Waals surface area contributed by atoms with Gasteiger partial charge in [-0.3, -0.25) is 4.98 Å². The summed E-state index contributed by atoms with van der Waals surface area (Å²) in [6.45, 7) is 0. The summed E-state index contributed by atoms with van der Waals surface area (Å²) in [6.07, 6.45) is 3.27. The molecule has 0 radical (unpaired) electrons. The summed E-state index contributed by atoms with van der Waals surface area (Å²) in [5.41, 5.74) is 1.00. The van der Waals surface area contributed by atoms with Gasteiger partial charge in [-0.25, -0.2) is 9.47 Å². The highest BCUT2D eigenvalue weighted by Crippen LogP contribution is 2.33. The Morgan fingerprint density at radius 1 is 1.11 bits per heavy atom. The minimum absolute atomic E-state index is 0.181. The highest BCUT2D eigenvalue weighted by Gasteiger charge is 2.15. The summed E-state index contributed by atoms with van der Waals surface area (Å²) in [7, 11) is 0. The van der Waals surface area contributed by atoms with E-state index in [4.69, 9.17) is 10.3 Å². The van der Waals surface area contributed by atoms with Crippen LogP contribution in [0.3, 0.4) is 0 Å². The molecule has 3 aromatic heterocycles. The third-order valence-electron chi connectivity index (χ3n) is 3.89. The number of hydrogen-bond donors (Lipinski definition) is 3. The Hall–Kier alpha value is -3.53. The van der Waals surface area contributed by atoms with E-state index in [1.165, 1.54) is 34.6 Å². The summed E-state index contributed by atoms with van der Waals surface area (Å²) < 4.78 is 6.43. The molecule has 136 valence electrons. The van der Waals surface area contributed by atoms with E-state index in [-0.39, 0.29) is 17.1 Å². The molecule has 0 atom stereocenters. The van der Waals surface area contributed by atoms with Gasteiger partial charge in [0.2, 0.25) is 5.16 Å². The first-order chi connectivity index (χ1) is 13.0. The number of rotatable bonds is 4. The smallest absolute Gasteiger partial charge is 0.336 e. The average molecular weight is 383 g/mol. The number of nitrogen functional groups attached to an aromatic ring is 1. The second-order valence-electron chi connectivity index (χ2n) is 5.63. The van der Waals surface area contributed by atoms with E-state index in [0.29, 0.717) is 27.7 Å². The first-order valence-corrected chi connectivity index (χ1v) is 8.74. The molecule has 4 N–H and O–H groups in total. The predicted octanol–water partition coefficient (Wildman–Crippen LogP) is 1.86. The van der Waals surface area contributed by atoms with E-state index in [2.05, 4.69) is 15.2 Å². The molecule has 3 heterocycles. The summed E-state index contributed by atoms with van der Waals surface area (Å²) in [6, 6.07) is 7.42. The van der Waals surface area contributed by atoms with Gasteiger partial charge in [0.05, 0.1) is 0 Å². The Labute approximate surface area is 156 Å². The van der Waals surface area contributed by atoms with Gasteiger partial charge in [0.15, 0.2) is 17.3 Å². The van der Waals surface area contributed by atoms with Crippen LogP contribution in [0.25, 0.3) is 22.4 Å². The minimum Gasteiger partial charge on any atom is -0.504 e. The third-order valence-corrected chi connectivity index (χ3v) is 4.88. The SMILES string of the molecule is Nn1c(SCc2cc(=O)oc3cc(O)c(O)cc23)nnc1-c1ccncc1. The van der Waals surface area contributed by atoms with Gasteiger partial charge in [-0.05, 0) is 23.8 Å². The number of thioether (sulfide) groups is 1. The van der Waals surface area contributed by atoms with E-state index in [1.54, 1.807) is 24.5 Å². The molecule has 27 heavy (non-hydrogen) atoms. The zero-order valence-corrected chi connectivity index (χ0v) is 14.6. The van der Waals surface area contributed by atoms with Crippen LogP contribution in [0.5, 0.6) is 11.5 Å². The van der Waals surface area contributed by atoms with Crippen LogP contribution >= 0.6 is 11.8 Å². The number of phenolic OH excluding ortho intramolecular Hbond substituents is 2. The number of phenols is 2. The van der Waals surface area contributed by atoms with Crippen LogP contribution < -0.4 is 11.5 Å². The van der Waals surface area contributed by atoms with Gasteiger partial charge in [0.1, 0.15) is 5.58 Å². The van der Waals surface area contributed by atoms with Crippen LogP contribution in [0.15, 0.2) is 57.1 Å². The normalized spacial score (nSPS) is 11.1. The Kier molecular flexibility index (Phi) is 4.16. The molecule has 0 aliphatic heterocycles. The summed E-state index contributed by atoms with van der Waals surface area (Å²) in [5, 5.41) is 28.5. The Morgan fingerprint density at radius 3 is 2.63 bits per heavy atom. The van der Waals surface area contributed by atoms with Crippen LogP contribution in [0.2, 0.25) is 0 Å². The van der Waals surface area contributed by atoms with Crippen molar-refractivity contribution in [3.63, 3.8) is 0 Å². The van der Waals surface area contributed by atoms with Crippen LogP contribution in [0.4, 0.5) is 0 Å². The summed E-state index contributed by atoms with van der Waals surface area (Å²) in [4.78, 5) is 15.7. The third kappa shape index (κ3) is 3.17. The first-order valence-electron chi connectivity index (χ1n) is 7.75. The summed E-state index contributed by atoms with van der Waals surface area (Å²) >= 11 is 1.27. The number of aromatic hydroxyl groups is 2. The number of pyridine rings is 1. The maximum atomic E-state index is 11.8. The van der Waals surface area contributed by atoms with Gasteiger partial charge in [-0.1, -0.05) is 11.8 Å². The number of fused-ring (bicyclic) bond motifs is 1. The molecule has 0 spiro atoms. The van der Waals surface area contributed by atoms with Crippen molar-refractivity contribution in [2.45, 2.75) is 10.9 Å². The van der Waals surface area contributed by atoms with Crippen molar-refractivity contribution in [1.29, 1.82) is 0 Å². The predicted molar refractivity (Wildman–Crippen MR) is 98.8 cm³/mol. The second-order valence-corrected chi connectivity index (χ2v) is 6.57. The monoisotopic (exact) mass is 383 g/mol. The number of aromatic nitrogens is 4. The van der Waals surface area contributed by atoms with Crippen molar-refractivity contribution < 1.29 is 14.6 Å². The molecule has 4 rings (SSSR count). The molecule has 0 unspecified atom stereocenters. The maximum Gasteiger partial charge on any atom is 0.336 e. The van der Waals surface area contributed by atoms with Gasteiger partial charge >= 0.3 is 5.63 Å². The molecular formula is C17H13N5O4S. The van der Waals surface area contributed by atoms with Gasteiger partial charge in [-0.15, -0.1) is 10.2 Å². The van der Waals surface area contributed by atoms with Crippen molar-refractivity contribution in [3.05, 3.63) is 58.7 Å². The molecule has 1 aromatic carbocycles. The number of nitrogens with two attached hydrogens (primary N) is 1. The van der Waals surface area contributed by atoms with Crippen molar-refractivity contribution in [3.8, 4) is 22.9 Å². The maximum absolute atomic E-state index is 11.8. The topological polar surface area (TPSA) is 140 Å². The van der Waals surface area contributed by atoms with E-state index in [1.807, 2.05) is 0 Å². The van der Waals surface area contributed by atoms with Crippen LogP contribution in [0.1, 0.15) is 5.56 Å². The van der Waals surface area contributed by atoms with E-state index >= 15 is 0 Å². The quantitative estimate of drug-likeness (QED) is 0.208. The number of hydrogen-bond acceptors (Lipinski definition) is 9. The molecule has 0 aliphatic carbocycles. The highest BCUT2D eigenvalue weighted by atomic mass is 32.2. The number of nitrogens with zero attached hydrogens (tertiary/aromatic N) is 4. The van der Waals surface area contributed by atoms with Crippen molar-refractivity contribution in [2.75, 3.05) is 5.84 Å². The first kappa shape index (κ1) is 16.9. The van der Waals surface area contributed by atoms with Crippen LogP contribution in [0, 0.1) is 0 Å². The molecule has 9 nitrogen and oxygen atoms in total.